The summed E-state index contributed by atoms with van der Waals surface area (Å²) in [6.07, 6.45) is 4.59. The molecule has 0 spiro atoms. The van der Waals surface area contributed by atoms with Gasteiger partial charge in [-0.15, -0.1) is 0 Å². The van der Waals surface area contributed by atoms with Crippen molar-refractivity contribution in [3.05, 3.63) is 59.4 Å². The Hall–Kier alpha value is -2.13. The predicted molar refractivity (Wildman–Crippen MR) is 76.0 cm³/mol. The smallest absolute Gasteiger partial charge is 0.328 e. The van der Waals surface area contributed by atoms with Gasteiger partial charge in [0.2, 0.25) is 0 Å². The fourth-order valence-electron chi connectivity index (χ4n) is 1.78. The summed E-state index contributed by atoms with van der Waals surface area (Å²) in [5.41, 5.74) is 3.24. The standard InChI is InChI=1S/C15H12ClNO2/c1-10(7-15(18)19)11-4-5-14(16)13(8-11)12-3-2-6-17-9-12/h2-9H,1H3,(H,18,19)/b10-7+. The zero-order chi connectivity index (χ0) is 13.8. The predicted octanol–water partition coefficient (Wildman–Crippen LogP) is 3.89. The molecule has 2 aromatic rings. The van der Waals surface area contributed by atoms with E-state index in [1.807, 2.05) is 18.2 Å². The van der Waals surface area contributed by atoms with Crippen molar-refractivity contribution in [2.45, 2.75) is 6.92 Å². The molecular formula is C15H12ClNO2. The Morgan fingerprint density at radius 3 is 2.79 bits per heavy atom. The van der Waals surface area contributed by atoms with Gasteiger partial charge in [-0.2, -0.15) is 0 Å². The fourth-order valence-corrected chi connectivity index (χ4v) is 2.01. The molecule has 0 unspecified atom stereocenters. The van der Waals surface area contributed by atoms with Crippen LogP contribution in [0.4, 0.5) is 0 Å². The molecule has 0 amide bonds. The molecule has 2 rings (SSSR count). The van der Waals surface area contributed by atoms with Gasteiger partial charge in [0.1, 0.15) is 0 Å². The second-order valence-electron chi connectivity index (χ2n) is 4.10. The molecule has 1 heterocycles. The first-order valence-electron chi connectivity index (χ1n) is 5.69. The molecule has 0 fully saturated rings. The number of carboxylic acid groups (broad SMARTS) is 1. The van der Waals surface area contributed by atoms with Crippen LogP contribution in [0.15, 0.2) is 48.8 Å². The van der Waals surface area contributed by atoms with Crippen molar-refractivity contribution in [2.75, 3.05) is 0 Å². The largest absolute Gasteiger partial charge is 0.478 e. The van der Waals surface area contributed by atoms with Crippen LogP contribution in [0.5, 0.6) is 0 Å². The molecule has 96 valence electrons. The Morgan fingerprint density at radius 1 is 1.37 bits per heavy atom. The topological polar surface area (TPSA) is 50.2 Å². The number of carboxylic acids is 1. The van der Waals surface area contributed by atoms with Gasteiger partial charge in [0.15, 0.2) is 0 Å². The summed E-state index contributed by atoms with van der Waals surface area (Å²) in [5.74, 6) is -0.963. The van der Waals surface area contributed by atoms with E-state index in [2.05, 4.69) is 4.98 Å². The van der Waals surface area contributed by atoms with Crippen molar-refractivity contribution in [1.29, 1.82) is 0 Å². The first kappa shape index (κ1) is 13.3. The normalized spacial score (nSPS) is 11.4. The molecule has 3 nitrogen and oxygen atoms in total. The summed E-state index contributed by atoms with van der Waals surface area (Å²) < 4.78 is 0. The average Bonchev–Trinajstić information content (AvgIpc) is 2.39. The summed E-state index contributed by atoms with van der Waals surface area (Å²) in [6.45, 7) is 1.75. The van der Waals surface area contributed by atoms with Gasteiger partial charge in [-0.1, -0.05) is 23.7 Å². The van der Waals surface area contributed by atoms with Crippen molar-refractivity contribution in [1.82, 2.24) is 4.98 Å². The number of aromatic nitrogens is 1. The lowest BCUT2D eigenvalue weighted by Crippen LogP contribution is -1.91. The minimum Gasteiger partial charge on any atom is -0.478 e. The molecule has 4 heteroatoms. The van der Waals surface area contributed by atoms with E-state index in [1.54, 1.807) is 31.5 Å². The lowest BCUT2D eigenvalue weighted by atomic mass is 10.0. The molecular weight excluding hydrogens is 262 g/mol. The Bertz CT molecular complexity index is 636. The third-order valence-corrected chi connectivity index (χ3v) is 3.06. The average molecular weight is 274 g/mol. The number of nitrogens with zero attached hydrogens (tertiary/aromatic N) is 1. The molecule has 0 atom stereocenters. The van der Waals surface area contributed by atoms with E-state index in [-0.39, 0.29) is 0 Å². The highest BCUT2D eigenvalue weighted by atomic mass is 35.5. The van der Waals surface area contributed by atoms with Gasteiger partial charge in [0.25, 0.3) is 0 Å². The summed E-state index contributed by atoms with van der Waals surface area (Å²) in [4.78, 5) is 14.8. The van der Waals surface area contributed by atoms with Crippen LogP contribution in [0.3, 0.4) is 0 Å². The van der Waals surface area contributed by atoms with Crippen LogP contribution in [0.1, 0.15) is 12.5 Å². The number of carbonyl (C=O) groups is 1. The van der Waals surface area contributed by atoms with Crippen LogP contribution >= 0.6 is 11.6 Å². The van der Waals surface area contributed by atoms with Crippen LogP contribution in [0, 0.1) is 0 Å². The van der Waals surface area contributed by atoms with E-state index in [0.29, 0.717) is 10.6 Å². The third kappa shape index (κ3) is 3.20. The number of pyridine rings is 1. The minimum atomic E-state index is -0.963. The number of halogens is 1. The van der Waals surface area contributed by atoms with Gasteiger partial charge in [-0.05, 0) is 36.3 Å². The van der Waals surface area contributed by atoms with Gasteiger partial charge < -0.3 is 5.11 Å². The minimum absolute atomic E-state index is 0.611. The lowest BCUT2D eigenvalue weighted by Gasteiger charge is -2.08. The number of hydrogen-bond acceptors (Lipinski definition) is 2. The van der Waals surface area contributed by atoms with Crippen LogP contribution in [0.2, 0.25) is 5.02 Å². The van der Waals surface area contributed by atoms with Crippen molar-refractivity contribution >= 4 is 23.1 Å². The Kier molecular flexibility index (Phi) is 3.97. The second kappa shape index (κ2) is 5.67. The number of aliphatic carboxylic acids is 1. The Morgan fingerprint density at radius 2 is 2.16 bits per heavy atom. The highest BCUT2D eigenvalue weighted by Crippen LogP contribution is 2.30. The zero-order valence-corrected chi connectivity index (χ0v) is 11.1. The van der Waals surface area contributed by atoms with E-state index < -0.39 is 5.97 Å². The summed E-state index contributed by atoms with van der Waals surface area (Å²) in [7, 11) is 0. The van der Waals surface area contributed by atoms with Gasteiger partial charge in [-0.25, -0.2) is 4.79 Å². The maximum absolute atomic E-state index is 10.7. The Labute approximate surface area is 116 Å². The molecule has 0 bridgehead atoms. The SMILES string of the molecule is C/C(=C\C(=O)O)c1ccc(Cl)c(-c2cccnc2)c1. The van der Waals surface area contributed by atoms with Crippen molar-refractivity contribution in [3.8, 4) is 11.1 Å². The van der Waals surface area contributed by atoms with Crippen LogP contribution in [-0.2, 0) is 4.79 Å². The monoisotopic (exact) mass is 273 g/mol. The molecule has 0 aliphatic rings. The molecule has 0 aliphatic carbocycles. The number of rotatable bonds is 3. The molecule has 0 aliphatic heterocycles. The number of hydrogen-bond donors (Lipinski definition) is 1. The maximum atomic E-state index is 10.7. The van der Waals surface area contributed by atoms with E-state index in [9.17, 15) is 4.79 Å². The highest BCUT2D eigenvalue weighted by molar-refractivity contribution is 6.33. The van der Waals surface area contributed by atoms with Gasteiger partial charge >= 0.3 is 5.97 Å². The second-order valence-corrected chi connectivity index (χ2v) is 4.51. The molecule has 0 saturated heterocycles. The van der Waals surface area contributed by atoms with E-state index in [4.69, 9.17) is 16.7 Å². The Balaban J connectivity index is 2.50. The van der Waals surface area contributed by atoms with Crippen LogP contribution < -0.4 is 0 Å². The molecule has 0 saturated carbocycles. The summed E-state index contributed by atoms with van der Waals surface area (Å²) in [5, 5.41) is 9.38. The molecule has 1 aromatic heterocycles. The van der Waals surface area contributed by atoms with Crippen molar-refractivity contribution in [3.63, 3.8) is 0 Å². The van der Waals surface area contributed by atoms with Gasteiger partial charge in [-0.3, -0.25) is 4.98 Å². The third-order valence-electron chi connectivity index (χ3n) is 2.73. The number of benzene rings is 1. The zero-order valence-electron chi connectivity index (χ0n) is 10.3. The maximum Gasteiger partial charge on any atom is 0.328 e. The molecule has 19 heavy (non-hydrogen) atoms. The van der Waals surface area contributed by atoms with Crippen LogP contribution in [-0.4, -0.2) is 16.1 Å². The quantitative estimate of drug-likeness (QED) is 0.863. The molecule has 0 radical (unpaired) electrons. The molecule has 1 aromatic carbocycles. The number of allylic oxidation sites excluding steroid dienone is 1. The van der Waals surface area contributed by atoms with Crippen LogP contribution in [0.25, 0.3) is 16.7 Å². The first-order chi connectivity index (χ1) is 9.08. The van der Waals surface area contributed by atoms with Gasteiger partial charge in [0, 0.05) is 34.6 Å². The van der Waals surface area contributed by atoms with E-state index in [0.717, 1.165) is 16.7 Å². The van der Waals surface area contributed by atoms with Gasteiger partial charge in [0.05, 0.1) is 0 Å². The van der Waals surface area contributed by atoms with Crippen molar-refractivity contribution in [2.24, 2.45) is 0 Å². The first-order valence-corrected chi connectivity index (χ1v) is 6.07. The fraction of sp³-hybridized carbons (Fsp3) is 0.0667. The van der Waals surface area contributed by atoms with E-state index in [1.165, 1.54) is 6.08 Å². The highest BCUT2D eigenvalue weighted by Gasteiger charge is 2.06. The lowest BCUT2D eigenvalue weighted by molar-refractivity contribution is -0.131. The van der Waals surface area contributed by atoms with Crippen molar-refractivity contribution < 1.29 is 9.90 Å². The summed E-state index contributed by atoms with van der Waals surface area (Å²) in [6, 6.07) is 9.18. The van der Waals surface area contributed by atoms with E-state index >= 15 is 0 Å². The summed E-state index contributed by atoms with van der Waals surface area (Å²) >= 11 is 6.18. The molecule has 1 N–H and O–H groups in total.